The lowest BCUT2D eigenvalue weighted by Gasteiger charge is -2.32. The summed E-state index contributed by atoms with van der Waals surface area (Å²) in [6, 6.07) is 6.84. The molecule has 2 rings (SSSR count). The smallest absolute Gasteiger partial charge is 0.269 e. The van der Waals surface area contributed by atoms with Gasteiger partial charge in [-0.3, -0.25) is 24.8 Å². The maximum absolute atomic E-state index is 11.8. The van der Waals surface area contributed by atoms with Crippen LogP contribution >= 0.6 is 0 Å². The number of nitro groups is 1. The van der Waals surface area contributed by atoms with Crippen LogP contribution in [0.25, 0.3) is 0 Å². The van der Waals surface area contributed by atoms with E-state index in [4.69, 9.17) is 0 Å². The van der Waals surface area contributed by atoms with Gasteiger partial charge in [0.2, 0.25) is 5.91 Å². The Morgan fingerprint density at radius 3 is 2.71 bits per heavy atom. The molecule has 0 radical (unpaired) electrons. The van der Waals surface area contributed by atoms with E-state index in [9.17, 15) is 14.9 Å². The summed E-state index contributed by atoms with van der Waals surface area (Å²) in [5.41, 5.74) is 0.905. The summed E-state index contributed by atoms with van der Waals surface area (Å²) in [6.45, 7) is 5.39. The van der Waals surface area contributed by atoms with Gasteiger partial charge in [0.05, 0.1) is 11.5 Å². The summed E-state index contributed by atoms with van der Waals surface area (Å²) in [4.78, 5) is 28.7. The Balaban J connectivity index is 1.74. The molecule has 1 saturated heterocycles. The number of guanidine groups is 1. The maximum atomic E-state index is 11.8. The SMILES string of the molecule is CCCNC(=O)CN1CCC(NC(=NC)NCc2cccc([N+](=O)[O-])c2)CC1. The number of nitrogens with one attached hydrogen (secondary N) is 3. The van der Waals surface area contributed by atoms with Gasteiger partial charge in [-0.1, -0.05) is 19.1 Å². The predicted octanol–water partition coefficient (Wildman–Crippen LogP) is 1.25. The highest BCUT2D eigenvalue weighted by atomic mass is 16.6. The Morgan fingerprint density at radius 1 is 1.32 bits per heavy atom. The highest BCUT2D eigenvalue weighted by Crippen LogP contribution is 2.13. The van der Waals surface area contributed by atoms with Crippen molar-refractivity contribution in [1.82, 2.24) is 20.9 Å². The van der Waals surface area contributed by atoms with Crippen molar-refractivity contribution in [1.29, 1.82) is 0 Å². The summed E-state index contributed by atoms with van der Waals surface area (Å²) in [7, 11) is 1.70. The van der Waals surface area contributed by atoms with Crippen LogP contribution in [0, 0.1) is 10.1 Å². The minimum Gasteiger partial charge on any atom is -0.355 e. The van der Waals surface area contributed by atoms with Gasteiger partial charge in [-0.05, 0) is 24.8 Å². The van der Waals surface area contributed by atoms with Crippen LogP contribution in [-0.4, -0.2) is 61.0 Å². The normalized spacial score (nSPS) is 15.9. The van der Waals surface area contributed by atoms with Crippen molar-refractivity contribution >= 4 is 17.6 Å². The number of likely N-dealkylation sites (tertiary alicyclic amines) is 1. The Bertz CT molecular complexity index is 686. The summed E-state index contributed by atoms with van der Waals surface area (Å²) in [5, 5.41) is 20.4. The third-order valence-electron chi connectivity index (χ3n) is 4.67. The third-order valence-corrected chi connectivity index (χ3v) is 4.67. The molecule has 1 fully saturated rings. The minimum absolute atomic E-state index is 0.0811. The van der Waals surface area contributed by atoms with Crippen LogP contribution < -0.4 is 16.0 Å². The lowest BCUT2D eigenvalue weighted by Crippen LogP contribution is -2.50. The zero-order chi connectivity index (χ0) is 20.4. The molecule has 1 aliphatic heterocycles. The number of piperidine rings is 1. The first-order chi connectivity index (χ1) is 13.5. The molecule has 0 atom stereocenters. The lowest BCUT2D eigenvalue weighted by atomic mass is 10.1. The number of carbonyl (C=O) groups excluding carboxylic acids is 1. The van der Waals surface area contributed by atoms with E-state index in [1.54, 1.807) is 19.2 Å². The molecule has 9 nitrogen and oxygen atoms in total. The molecule has 1 heterocycles. The first-order valence-corrected chi connectivity index (χ1v) is 9.71. The van der Waals surface area contributed by atoms with Gasteiger partial charge in [-0.15, -0.1) is 0 Å². The van der Waals surface area contributed by atoms with Crippen LogP contribution in [-0.2, 0) is 11.3 Å². The van der Waals surface area contributed by atoms with E-state index in [0.717, 1.165) is 44.5 Å². The first-order valence-electron chi connectivity index (χ1n) is 9.71. The van der Waals surface area contributed by atoms with Crippen LogP contribution in [0.4, 0.5) is 5.69 Å². The van der Waals surface area contributed by atoms with Crippen LogP contribution in [0.15, 0.2) is 29.3 Å². The predicted molar refractivity (Wildman–Crippen MR) is 109 cm³/mol. The third kappa shape index (κ3) is 7.15. The van der Waals surface area contributed by atoms with Crippen molar-refractivity contribution < 1.29 is 9.72 Å². The molecule has 0 bridgehead atoms. The van der Waals surface area contributed by atoms with E-state index in [0.29, 0.717) is 19.0 Å². The minimum atomic E-state index is -0.396. The number of benzene rings is 1. The molecule has 1 aromatic carbocycles. The second-order valence-corrected chi connectivity index (χ2v) is 6.90. The van der Waals surface area contributed by atoms with E-state index >= 15 is 0 Å². The molecule has 28 heavy (non-hydrogen) atoms. The lowest BCUT2D eigenvalue weighted by molar-refractivity contribution is -0.384. The van der Waals surface area contributed by atoms with Gasteiger partial charge in [0.1, 0.15) is 0 Å². The van der Waals surface area contributed by atoms with Crippen LogP contribution in [0.3, 0.4) is 0 Å². The van der Waals surface area contributed by atoms with Crippen molar-refractivity contribution in [3.8, 4) is 0 Å². The number of nitro benzene ring substituents is 1. The molecule has 0 aliphatic carbocycles. The number of nitrogens with zero attached hydrogens (tertiary/aromatic N) is 3. The van der Waals surface area contributed by atoms with Gasteiger partial charge < -0.3 is 16.0 Å². The van der Waals surface area contributed by atoms with E-state index in [-0.39, 0.29) is 17.6 Å². The second-order valence-electron chi connectivity index (χ2n) is 6.90. The fourth-order valence-electron chi connectivity index (χ4n) is 3.11. The molecular formula is C19H30N6O3. The Morgan fingerprint density at radius 2 is 2.07 bits per heavy atom. The average Bonchev–Trinajstić information content (AvgIpc) is 2.71. The molecular weight excluding hydrogens is 360 g/mol. The summed E-state index contributed by atoms with van der Waals surface area (Å²) in [5.74, 6) is 0.758. The highest BCUT2D eigenvalue weighted by Gasteiger charge is 2.21. The van der Waals surface area contributed by atoms with E-state index in [1.807, 2.05) is 13.0 Å². The Labute approximate surface area is 165 Å². The molecule has 0 spiro atoms. The Hall–Kier alpha value is -2.68. The highest BCUT2D eigenvalue weighted by molar-refractivity contribution is 5.80. The zero-order valence-corrected chi connectivity index (χ0v) is 16.6. The molecule has 0 unspecified atom stereocenters. The number of amides is 1. The number of hydrogen-bond acceptors (Lipinski definition) is 5. The molecule has 1 aliphatic rings. The zero-order valence-electron chi connectivity index (χ0n) is 16.6. The molecule has 3 N–H and O–H groups in total. The molecule has 9 heteroatoms. The van der Waals surface area contributed by atoms with Gasteiger partial charge in [0, 0.05) is 51.4 Å². The number of aliphatic imine (C=N–C) groups is 1. The first kappa shape index (κ1) is 21.6. The number of hydrogen-bond donors (Lipinski definition) is 3. The monoisotopic (exact) mass is 390 g/mol. The molecule has 154 valence electrons. The fraction of sp³-hybridized carbons (Fsp3) is 0.579. The van der Waals surface area contributed by atoms with Crippen molar-refractivity contribution in [3.63, 3.8) is 0 Å². The standard InChI is InChI=1S/C19H30N6O3/c1-3-9-21-18(26)14-24-10-7-16(8-11-24)23-19(20-2)22-13-15-5-4-6-17(12-15)25(27)28/h4-6,12,16H,3,7-11,13-14H2,1-2H3,(H,21,26)(H2,20,22,23). The fourth-order valence-corrected chi connectivity index (χ4v) is 3.11. The van der Waals surface area contributed by atoms with Gasteiger partial charge in [-0.2, -0.15) is 0 Å². The number of non-ortho nitro benzene ring substituents is 1. The topological polar surface area (TPSA) is 112 Å². The number of carbonyl (C=O) groups is 1. The maximum Gasteiger partial charge on any atom is 0.269 e. The summed E-state index contributed by atoms with van der Waals surface area (Å²) < 4.78 is 0. The molecule has 1 amide bonds. The van der Waals surface area contributed by atoms with E-state index < -0.39 is 4.92 Å². The largest absolute Gasteiger partial charge is 0.355 e. The summed E-state index contributed by atoms with van der Waals surface area (Å²) in [6.07, 6.45) is 2.80. The molecule has 1 aromatic rings. The average molecular weight is 390 g/mol. The Kier molecular flexibility index (Phi) is 8.67. The van der Waals surface area contributed by atoms with Crippen LogP contribution in [0.2, 0.25) is 0 Å². The van der Waals surface area contributed by atoms with Gasteiger partial charge in [0.15, 0.2) is 5.96 Å². The summed E-state index contributed by atoms with van der Waals surface area (Å²) >= 11 is 0. The molecule has 0 saturated carbocycles. The number of rotatable bonds is 8. The van der Waals surface area contributed by atoms with Gasteiger partial charge in [-0.25, -0.2) is 0 Å². The van der Waals surface area contributed by atoms with E-state index in [1.165, 1.54) is 6.07 Å². The van der Waals surface area contributed by atoms with Crippen LogP contribution in [0.1, 0.15) is 31.7 Å². The van der Waals surface area contributed by atoms with Crippen molar-refractivity contribution in [2.75, 3.05) is 33.2 Å². The van der Waals surface area contributed by atoms with Crippen molar-refractivity contribution in [2.24, 2.45) is 4.99 Å². The van der Waals surface area contributed by atoms with Crippen LogP contribution in [0.5, 0.6) is 0 Å². The quantitative estimate of drug-likeness (QED) is 0.267. The van der Waals surface area contributed by atoms with Gasteiger partial charge >= 0.3 is 0 Å². The molecule has 0 aromatic heterocycles. The van der Waals surface area contributed by atoms with Crippen molar-refractivity contribution in [3.05, 3.63) is 39.9 Å². The van der Waals surface area contributed by atoms with E-state index in [2.05, 4.69) is 25.8 Å². The second kappa shape index (κ2) is 11.2. The van der Waals surface area contributed by atoms with Crippen molar-refractivity contribution in [2.45, 2.75) is 38.8 Å². The van der Waals surface area contributed by atoms with Gasteiger partial charge in [0.25, 0.3) is 5.69 Å².